The number of halogens is 1. The molecule has 0 spiro atoms. The van der Waals surface area contributed by atoms with Crippen LogP contribution in [-0.2, 0) is 4.79 Å². The summed E-state index contributed by atoms with van der Waals surface area (Å²) < 4.78 is 24.0. The molecule has 2 N–H and O–H groups in total. The second-order valence-electron chi connectivity index (χ2n) is 5.88. The van der Waals surface area contributed by atoms with Gasteiger partial charge in [-0.05, 0) is 31.2 Å². The zero-order valence-electron chi connectivity index (χ0n) is 13.8. The summed E-state index contributed by atoms with van der Waals surface area (Å²) in [5, 5.41) is 9.87. The first-order valence-electron chi connectivity index (χ1n) is 8.01. The van der Waals surface area contributed by atoms with E-state index in [-0.39, 0.29) is 24.4 Å². The van der Waals surface area contributed by atoms with Crippen LogP contribution >= 0.6 is 0 Å². The predicted molar refractivity (Wildman–Crippen MR) is 92.3 cm³/mol. The van der Waals surface area contributed by atoms with Crippen molar-refractivity contribution < 1.29 is 18.4 Å². The standard InChI is InChI=1S/C18H15FN4O3/c1-10(18-22-17(23-26-18)11-3-2-4-12(19)7-11)20-13-5-6-14-15(8-13)25-9-16(24)21-14/h2-8,10,20H,9H2,1H3,(H,21,24). The molecule has 0 saturated carbocycles. The van der Waals surface area contributed by atoms with Crippen LogP contribution in [0.25, 0.3) is 11.4 Å². The first-order chi connectivity index (χ1) is 12.6. The van der Waals surface area contributed by atoms with E-state index >= 15 is 0 Å². The topological polar surface area (TPSA) is 89.3 Å². The zero-order valence-corrected chi connectivity index (χ0v) is 13.8. The van der Waals surface area contributed by atoms with Crippen LogP contribution in [0.2, 0.25) is 0 Å². The Kier molecular flexibility index (Phi) is 4.00. The number of benzene rings is 2. The van der Waals surface area contributed by atoms with E-state index in [9.17, 15) is 9.18 Å². The molecule has 4 rings (SSSR count). The number of nitrogens with one attached hydrogen (secondary N) is 2. The van der Waals surface area contributed by atoms with Crippen molar-refractivity contribution in [2.75, 3.05) is 17.2 Å². The molecule has 132 valence electrons. The van der Waals surface area contributed by atoms with Gasteiger partial charge in [-0.25, -0.2) is 4.39 Å². The normalized spacial score (nSPS) is 14.2. The van der Waals surface area contributed by atoms with Gasteiger partial charge >= 0.3 is 0 Å². The summed E-state index contributed by atoms with van der Waals surface area (Å²) in [6.45, 7) is 1.86. The second-order valence-corrected chi connectivity index (χ2v) is 5.88. The Bertz CT molecular complexity index is 973. The van der Waals surface area contributed by atoms with Crippen molar-refractivity contribution >= 4 is 17.3 Å². The Morgan fingerprint density at radius 1 is 1.27 bits per heavy atom. The monoisotopic (exact) mass is 354 g/mol. The fourth-order valence-electron chi connectivity index (χ4n) is 2.63. The molecule has 0 radical (unpaired) electrons. The smallest absolute Gasteiger partial charge is 0.262 e. The molecule has 1 aromatic heterocycles. The molecule has 8 heteroatoms. The average molecular weight is 354 g/mol. The SMILES string of the molecule is CC(Nc1ccc2c(c1)OCC(=O)N2)c1nc(-c2cccc(F)c2)no1. The number of hydrogen-bond acceptors (Lipinski definition) is 6. The molecule has 0 aliphatic carbocycles. The van der Waals surface area contributed by atoms with Crippen molar-refractivity contribution in [3.05, 3.63) is 54.2 Å². The summed E-state index contributed by atoms with van der Waals surface area (Å²) in [6.07, 6.45) is 0. The lowest BCUT2D eigenvalue weighted by atomic mass is 10.2. The summed E-state index contributed by atoms with van der Waals surface area (Å²) >= 11 is 0. The first kappa shape index (κ1) is 16.1. The molecule has 0 bridgehead atoms. The minimum absolute atomic E-state index is 0.00728. The van der Waals surface area contributed by atoms with Gasteiger partial charge in [0.1, 0.15) is 17.6 Å². The number of amides is 1. The Balaban J connectivity index is 1.50. The van der Waals surface area contributed by atoms with E-state index in [1.807, 2.05) is 13.0 Å². The zero-order chi connectivity index (χ0) is 18.1. The number of fused-ring (bicyclic) bond motifs is 1. The highest BCUT2D eigenvalue weighted by molar-refractivity contribution is 5.95. The molecule has 2 aromatic carbocycles. The maximum absolute atomic E-state index is 13.3. The van der Waals surface area contributed by atoms with Crippen molar-refractivity contribution in [3.8, 4) is 17.1 Å². The Labute approximate surface area is 148 Å². The third-order valence-corrected chi connectivity index (χ3v) is 3.89. The minimum Gasteiger partial charge on any atom is -0.482 e. The minimum atomic E-state index is -0.360. The van der Waals surface area contributed by atoms with E-state index in [2.05, 4.69) is 20.8 Å². The van der Waals surface area contributed by atoms with Crippen LogP contribution < -0.4 is 15.4 Å². The second kappa shape index (κ2) is 6.47. The van der Waals surface area contributed by atoms with Crippen molar-refractivity contribution in [1.82, 2.24) is 10.1 Å². The third kappa shape index (κ3) is 3.21. The number of hydrogen-bond donors (Lipinski definition) is 2. The lowest BCUT2D eigenvalue weighted by molar-refractivity contribution is -0.118. The lowest BCUT2D eigenvalue weighted by Crippen LogP contribution is -2.25. The molecule has 2 heterocycles. The molecule has 0 saturated heterocycles. The maximum Gasteiger partial charge on any atom is 0.262 e. The van der Waals surface area contributed by atoms with Gasteiger partial charge in [0.15, 0.2) is 6.61 Å². The number of carbonyl (C=O) groups excluding carboxylic acids is 1. The van der Waals surface area contributed by atoms with Crippen LogP contribution in [0.4, 0.5) is 15.8 Å². The number of carbonyl (C=O) groups is 1. The van der Waals surface area contributed by atoms with E-state index in [0.717, 1.165) is 5.69 Å². The summed E-state index contributed by atoms with van der Waals surface area (Å²) in [7, 11) is 0. The fraction of sp³-hybridized carbons (Fsp3) is 0.167. The molecule has 3 aromatic rings. The quantitative estimate of drug-likeness (QED) is 0.747. The number of rotatable bonds is 4. The lowest BCUT2D eigenvalue weighted by Gasteiger charge is -2.19. The number of anilines is 2. The highest BCUT2D eigenvalue weighted by Gasteiger charge is 2.19. The van der Waals surface area contributed by atoms with Gasteiger partial charge in [-0.15, -0.1) is 0 Å². The summed E-state index contributed by atoms with van der Waals surface area (Å²) in [5.74, 6) is 0.747. The molecule has 1 aliphatic rings. The van der Waals surface area contributed by atoms with Crippen LogP contribution in [0.15, 0.2) is 47.0 Å². The van der Waals surface area contributed by atoms with Gasteiger partial charge in [0, 0.05) is 17.3 Å². The van der Waals surface area contributed by atoms with Crippen molar-refractivity contribution in [2.45, 2.75) is 13.0 Å². The highest BCUT2D eigenvalue weighted by Crippen LogP contribution is 2.32. The molecule has 1 unspecified atom stereocenters. The average Bonchev–Trinajstić information content (AvgIpc) is 3.12. The number of nitrogens with zero attached hydrogens (tertiary/aromatic N) is 2. The van der Waals surface area contributed by atoms with Gasteiger partial charge in [0.25, 0.3) is 5.91 Å². The van der Waals surface area contributed by atoms with Crippen molar-refractivity contribution in [1.29, 1.82) is 0 Å². The van der Waals surface area contributed by atoms with E-state index in [0.29, 0.717) is 28.7 Å². The fourth-order valence-corrected chi connectivity index (χ4v) is 2.63. The van der Waals surface area contributed by atoms with Crippen LogP contribution in [0.5, 0.6) is 5.75 Å². The van der Waals surface area contributed by atoms with Gasteiger partial charge in [-0.2, -0.15) is 4.98 Å². The molecular formula is C18H15FN4O3. The van der Waals surface area contributed by atoms with E-state index in [1.54, 1.807) is 24.3 Å². The predicted octanol–water partition coefficient (Wildman–Crippen LogP) is 3.38. The molecule has 1 atom stereocenters. The molecule has 7 nitrogen and oxygen atoms in total. The maximum atomic E-state index is 13.3. The molecule has 26 heavy (non-hydrogen) atoms. The molecule has 0 fully saturated rings. The van der Waals surface area contributed by atoms with Gasteiger partial charge in [0.05, 0.1) is 5.69 Å². The largest absolute Gasteiger partial charge is 0.482 e. The molecular weight excluding hydrogens is 339 g/mol. The molecule has 1 aliphatic heterocycles. The van der Waals surface area contributed by atoms with Crippen molar-refractivity contribution in [3.63, 3.8) is 0 Å². The summed E-state index contributed by atoms with van der Waals surface area (Å²) in [4.78, 5) is 15.6. The van der Waals surface area contributed by atoms with Crippen molar-refractivity contribution in [2.24, 2.45) is 0 Å². The van der Waals surface area contributed by atoms with Crippen LogP contribution in [-0.4, -0.2) is 22.7 Å². The van der Waals surface area contributed by atoms with Crippen LogP contribution in [0, 0.1) is 5.82 Å². The summed E-state index contributed by atoms with van der Waals surface area (Å²) in [5.41, 5.74) is 1.95. The Hall–Kier alpha value is -3.42. The Morgan fingerprint density at radius 2 is 2.15 bits per heavy atom. The van der Waals surface area contributed by atoms with Crippen LogP contribution in [0.3, 0.4) is 0 Å². The number of aromatic nitrogens is 2. The van der Waals surface area contributed by atoms with Gasteiger partial charge < -0.3 is 19.9 Å². The van der Waals surface area contributed by atoms with E-state index in [1.165, 1.54) is 12.1 Å². The first-order valence-corrected chi connectivity index (χ1v) is 8.01. The third-order valence-electron chi connectivity index (χ3n) is 3.89. The van der Waals surface area contributed by atoms with Gasteiger partial charge in [-0.1, -0.05) is 17.3 Å². The summed E-state index contributed by atoms with van der Waals surface area (Å²) in [6, 6.07) is 11.1. The van der Waals surface area contributed by atoms with Gasteiger partial charge in [-0.3, -0.25) is 4.79 Å². The van der Waals surface area contributed by atoms with Crippen LogP contribution in [0.1, 0.15) is 18.9 Å². The Morgan fingerprint density at radius 3 is 3.00 bits per heavy atom. The van der Waals surface area contributed by atoms with Gasteiger partial charge in [0.2, 0.25) is 11.7 Å². The van der Waals surface area contributed by atoms with E-state index in [4.69, 9.17) is 9.26 Å². The highest BCUT2D eigenvalue weighted by atomic mass is 19.1. The van der Waals surface area contributed by atoms with E-state index < -0.39 is 0 Å². The molecule has 1 amide bonds. The number of ether oxygens (including phenoxy) is 1.